The van der Waals surface area contributed by atoms with E-state index in [1.165, 1.54) is 0 Å². The first-order chi connectivity index (χ1) is 19.2. The minimum atomic E-state index is -0.850. The lowest BCUT2D eigenvalue weighted by Gasteiger charge is -2.40. The Hall–Kier alpha value is -2.29. The third kappa shape index (κ3) is 5.59. The molecule has 0 radical (unpaired) electrons. The van der Waals surface area contributed by atoms with Gasteiger partial charge in [-0.25, -0.2) is 0 Å². The summed E-state index contributed by atoms with van der Waals surface area (Å²) in [6, 6.07) is 5.73. The molecule has 2 unspecified atom stereocenters. The second kappa shape index (κ2) is 13.1. The van der Waals surface area contributed by atoms with Gasteiger partial charge in [0, 0.05) is 11.8 Å². The number of aliphatic hydroxyl groups excluding tert-OH is 1. The zero-order chi connectivity index (χ0) is 29.0. The molecule has 1 aromatic rings. The van der Waals surface area contributed by atoms with Gasteiger partial charge in [0.1, 0.15) is 6.04 Å². The Balaban J connectivity index is 1.73. The highest BCUT2D eigenvalue weighted by Crippen LogP contribution is 2.67. The summed E-state index contributed by atoms with van der Waals surface area (Å²) in [4.78, 5) is 45.6. The minimum absolute atomic E-state index is 0.0853. The lowest BCUT2D eigenvalue weighted by molar-refractivity contribution is -0.154. The number of likely N-dealkylation sites (tertiary alicyclic amines) is 1. The highest BCUT2D eigenvalue weighted by molar-refractivity contribution is 8.02. The van der Waals surface area contributed by atoms with Crippen LogP contribution in [-0.4, -0.2) is 69.6 Å². The Labute approximate surface area is 246 Å². The van der Waals surface area contributed by atoms with Crippen molar-refractivity contribution >= 4 is 46.8 Å². The molecule has 3 heterocycles. The second-order valence-electron chi connectivity index (χ2n) is 11.4. The van der Waals surface area contributed by atoms with E-state index >= 15 is 0 Å². The molecule has 0 aliphatic carbocycles. The number of esters is 1. The van der Waals surface area contributed by atoms with E-state index in [9.17, 15) is 19.5 Å². The van der Waals surface area contributed by atoms with Crippen molar-refractivity contribution in [2.24, 2.45) is 17.8 Å². The molecule has 218 valence electrons. The van der Waals surface area contributed by atoms with E-state index in [1.807, 2.05) is 26.0 Å². The number of ether oxygens (including phenoxy) is 1. The van der Waals surface area contributed by atoms with E-state index < -0.39 is 28.7 Å². The van der Waals surface area contributed by atoms with Gasteiger partial charge in [-0.3, -0.25) is 14.4 Å². The van der Waals surface area contributed by atoms with E-state index in [1.54, 1.807) is 45.8 Å². The molecule has 0 aromatic heterocycles. The van der Waals surface area contributed by atoms with Crippen molar-refractivity contribution in [3.63, 3.8) is 0 Å². The van der Waals surface area contributed by atoms with Gasteiger partial charge >= 0.3 is 5.97 Å². The monoisotopic (exact) mass is 588 g/mol. The number of unbranched alkanes of at least 4 members (excludes halogenated alkanes) is 2. The van der Waals surface area contributed by atoms with Gasteiger partial charge in [-0.05, 0) is 56.6 Å². The number of hydrogen-bond donors (Lipinski definition) is 1. The minimum Gasteiger partial charge on any atom is -0.465 e. The largest absolute Gasteiger partial charge is 0.465 e. The number of carbonyl (C=O) groups excluding carboxylic acids is 3. The molecular formula is C31H41ClN2O5S. The van der Waals surface area contributed by atoms with Crippen molar-refractivity contribution in [3.05, 3.63) is 54.6 Å². The molecule has 2 amide bonds. The van der Waals surface area contributed by atoms with E-state index in [0.717, 1.165) is 25.7 Å². The maximum atomic E-state index is 14.6. The molecule has 3 fully saturated rings. The maximum Gasteiger partial charge on any atom is 0.310 e. The fraction of sp³-hybridized carbons (Fsp3) is 0.581. The number of halogens is 1. The van der Waals surface area contributed by atoms with Gasteiger partial charge in [-0.1, -0.05) is 49.7 Å². The Kier molecular flexibility index (Phi) is 10.1. The molecule has 3 saturated heterocycles. The lowest BCUT2D eigenvalue weighted by atomic mass is 9.71. The first-order valence-electron chi connectivity index (χ1n) is 14.3. The summed E-state index contributed by atoms with van der Waals surface area (Å²) < 4.78 is 4.92. The van der Waals surface area contributed by atoms with Crippen LogP contribution in [0.25, 0.3) is 0 Å². The fourth-order valence-electron chi connectivity index (χ4n) is 6.77. The van der Waals surface area contributed by atoms with Crippen LogP contribution in [0.3, 0.4) is 0 Å². The zero-order valence-electron chi connectivity index (χ0n) is 23.5. The summed E-state index contributed by atoms with van der Waals surface area (Å²) in [6.07, 6.45) is 7.85. The Morgan fingerprint density at radius 2 is 2.02 bits per heavy atom. The molecule has 1 aromatic carbocycles. The quantitative estimate of drug-likeness (QED) is 0.181. The number of para-hydroxylation sites is 1. The number of thioether (sulfide) groups is 1. The predicted molar refractivity (Wildman–Crippen MR) is 160 cm³/mol. The molecule has 6 atom stereocenters. The summed E-state index contributed by atoms with van der Waals surface area (Å²) in [7, 11) is 0. The van der Waals surface area contributed by atoms with E-state index in [0.29, 0.717) is 30.2 Å². The van der Waals surface area contributed by atoms with Crippen LogP contribution in [0.2, 0.25) is 5.02 Å². The molecule has 7 nitrogen and oxygen atoms in total. The molecule has 2 bridgehead atoms. The molecule has 0 saturated carbocycles. The van der Waals surface area contributed by atoms with Crippen LogP contribution in [0, 0.1) is 17.8 Å². The second-order valence-corrected chi connectivity index (χ2v) is 13.4. The standard InChI is InChI=1S/C31H41ClN2O5S/c1-5-7-8-11-17-39-30(38)25-24-14-15-31(40-24)26(25)28(36)34(21(19-35)18-20(3)4)27(31)29(37)33(16-6-2)23-13-10-9-12-22(23)32/h5-6,9-10,12-13,20-21,24-27,35H,1-2,7-8,11,14-19H2,3-4H3/t21-,24+,25-,26+,27?,31?/m1/s1. The van der Waals surface area contributed by atoms with Gasteiger partial charge in [0.25, 0.3) is 5.91 Å². The van der Waals surface area contributed by atoms with Crippen LogP contribution in [0.4, 0.5) is 5.69 Å². The number of carbonyl (C=O) groups is 3. The third-order valence-electron chi connectivity index (χ3n) is 8.36. The summed E-state index contributed by atoms with van der Waals surface area (Å²) in [6.45, 7) is 11.9. The number of allylic oxidation sites excluding steroid dienone is 1. The van der Waals surface area contributed by atoms with Crippen LogP contribution >= 0.6 is 23.4 Å². The Morgan fingerprint density at radius 1 is 1.27 bits per heavy atom. The fourth-order valence-corrected chi connectivity index (χ4v) is 9.19. The van der Waals surface area contributed by atoms with Crippen LogP contribution in [0.5, 0.6) is 0 Å². The van der Waals surface area contributed by atoms with Crippen molar-refractivity contribution in [2.45, 2.75) is 74.5 Å². The normalized spacial score (nSPS) is 27.5. The van der Waals surface area contributed by atoms with Crippen LogP contribution in [0.15, 0.2) is 49.6 Å². The summed E-state index contributed by atoms with van der Waals surface area (Å²) in [5.74, 6) is -1.97. The number of benzene rings is 1. The third-order valence-corrected chi connectivity index (χ3v) is 10.6. The van der Waals surface area contributed by atoms with Crippen molar-refractivity contribution in [1.82, 2.24) is 4.90 Å². The van der Waals surface area contributed by atoms with Gasteiger partial charge in [-0.2, -0.15) is 0 Å². The molecule has 4 rings (SSSR count). The number of rotatable bonds is 14. The summed E-state index contributed by atoms with van der Waals surface area (Å²) >= 11 is 8.14. The molecular weight excluding hydrogens is 548 g/mol. The van der Waals surface area contributed by atoms with Crippen molar-refractivity contribution in [3.8, 4) is 0 Å². The van der Waals surface area contributed by atoms with Crippen LogP contribution < -0.4 is 4.90 Å². The molecule has 3 aliphatic rings. The summed E-state index contributed by atoms with van der Waals surface area (Å²) in [5.41, 5.74) is 0.541. The van der Waals surface area contributed by atoms with Crippen LogP contribution in [0.1, 0.15) is 52.4 Å². The molecule has 1 spiro atoms. The molecule has 9 heteroatoms. The van der Waals surface area contributed by atoms with Gasteiger partial charge in [0.2, 0.25) is 5.91 Å². The smallest absolute Gasteiger partial charge is 0.310 e. The van der Waals surface area contributed by atoms with E-state index in [-0.39, 0.29) is 42.1 Å². The van der Waals surface area contributed by atoms with Crippen molar-refractivity contribution in [1.29, 1.82) is 0 Å². The number of amides is 2. The first kappa shape index (κ1) is 30.7. The number of hydrogen-bond acceptors (Lipinski definition) is 6. The van der Waals surface area contributed by atoms with E-state index in [2.05, 4.69) is 13.2 Å². The number of fused-ring (bicyclic) bond motifs is 1. The SMILES string of the molecule is C=CCCCCOC(=O)[C@@H]1[C@@H]2CCC3(S2)C(C(=O)N(CC=C)c2ccccc2Cl)N([C@@H](CO)CC(C)C)C(=O)[C@H]13. The highest BCUT2D eigenvalue weighted by Gasteiger charge is 2.74. The average Bonchev–Trinajstić information content (AvgIpc) is 3.57. The van der Waals surface area contributed by atoms with Gasteiger partial charge in [-0.15, -0.1) is 24.9 Å². The zero-order valence-corrected chi connectivity index (χ0v) is 25.0. The topological polar surface area (TPSA) is 87.2 Å². The summed E-state index contributed by atoms with van der Waals surface area (Å²) in [5, 5.41) is 10.8. The lowest BCUT2D eigenvalue weighted by Crippen LogP contribution is -2.58. The van der Waals surface area contributed by atoms with Gasteiger partial charge < -0.3 is 19.6 Å². The van der Waals surface area contributed by atoms with Crippen molar-refractivity contribution in [2.75, 3.05) is 24.7 Å². The number of aliphatic hydroxyl groups is 1. The molecule has 3 aliphatic heterocycles. The van der Waals surface area contributed by atoms with E-state index in [4.69, 9.17) is 16.3 Å². The Bertz CT molecular complexity index is 1130. The van der Waals surface area contributed by atoms with Gasteiger partial charge in [0.05, 0.1) is 46.5 Å². The highest BCUT2D eigenvalue weighted by atomic mass is 35.5. The Morgan fingerprint density at radius 3 is 2.67 bits per heavy atom. The van der Waals surface area contributed by atoms with Crippen molar-refractivity contribution < 1.29 is 24.2 Å². The first-order valence-corrected chi connectivity index (χ1v) is 15.5. The molecule has 40 heavy (non-hydrogen) atoms. The van der Waals surface area contributed by atoms with Crippen LogP contribution in [-0.2, 0) is 19.1 Å². The molecule has 1 N–H and O–H groups in total. The average molecular weight is 589 g/mol. The number of nitrogens with zero attached hydrogens (tertiary/aromatic N) is 2. The number of anilines is 1. The maximum absolute atomic E-state index is 14.6. The predicted octanol–water partition coefficient (Wildman–Crippen LogP) is 5.26. The van der Waals surface area contributed by atoms with Gasteiger partial charge in [0.15, 0.2) is 0 Å².